The molecule has 2 aromatic carbocycles. The number of aryl methyl sites for hydroxylation is 1. The van der Waals surface area contributed by atoms with Crippen LogP contribution in [-0.2, 0) is 21.3 Å². The van der Waals surface area contributed by atoms with Crippen LogP contribution in [0.2, 0.25) is 0 Å². The van der Waals surface area contributed by atoms with E-state index in [4.69, 9.17) is 4.74 Å². The van der Waals surface area contributed by atoms with Crippen molar-refractivity contribution in [1.82, 2.24) is 9.21 Å². The molecule has 7 heteroatoms. The van der Waals surface area contributed by atoms with Gasteiger partial charge in [0.15, 0.2) is 0 Å². The Morgan fingerprint density at radius 3 is 2.45 bits per heavy atom. The summed E-state index contributed by atoms with van der Waals surface area (Å²) in [5.41, 5.74) is 2.15. The largest absolute Gasteiger partial charge is 0.379 e. The SMILES string of the molecule is Cc1ccc(C(=O)N(Cc2ccccc2)CC2CCC2)cc1S(=O)(=O)N1CCOCC1. The van der Waals surface area contributed by atoms with Crippen LogP contribution in [0.5, 0.6) is 0 Å². The monoisotopic (exact) mass is 442 g/mol. The third kappa shape index (κ3) is 5.00. The van der Waals surface area contributed by atoms with E-state index in [0.29, 0.717) is 56.4 Å². The minimum atomic E-state index is -3.67. The standard InChI is InChI=1S/C24H30N2O4S/c1-19-10-11-22(16-23(19)31(28,29)26-12-14-30-15-13-26)24(27)25(18-21-8-5-9-21)17-20-6-3-2-4-7-20/h2-4,6-7,10-11,16,21H,5,8-9,12-15,17-18H2,1H3. The summed E-state index contributed by atoms with van der Waals surface area (Å²) in [6, 6.07) is 15.0. The molecule has 1 aliphatic heterocycles. The van der Waals surface area contributed by atoms with Crippen molar-refractivity contribution < 1.29 is 17.9 Å². The van der Waals surface area contributed by atoms with Crippen LogP contribution in [0.25, 0.3) is 0 Å². The van der Waals surface area contributed by atoms with Gasteiger partial charge in [-0.1, -0.05) is 42.8 Å². The second-order valence-corrected chi connectivity index (χ2v) is 10.4. The molecule has 31 heavy (non-hydrogen) atoms. The molecule has 0 aromatic heterocycles. The average molecular weight is 443 g/mol. The van der Waals surface area contributed by atoms with Crippen molar-refractivity contribution in [2.24, 2.45) is 5.92 Å². The van der Waals surface area contributed by atoms with E-state index in [9.17, 15) is 13.2 Å². The number of nitrogens with zero attached hydrogens (tertiary/aromatic N) is 2. The quantitative estimate of drug-likeness (QED) is 0.659. The summed E-state index contributed by atoms with van der Waals surface area (Å²) >= 11 is 0. The molecule has 6 nitrogen and oxygen atoms in total. The maximum atomic E-state index is 13.5. The molecule has 0 bridgehead atoms. The zero-order valence-corrected chi connectivity index (χ0v) is 18.8. The highest BCUT2D eigenvalue weighted by Crippen LogP contribution is 2.29. The summed E-state index contributed by atoms with van der Waals surface area (Å²) in [6.07, 6.45) is 3.50. The highest BCUT2D eigenvalue weighted by molar-refractivity contribution is 7.89. The van der Waals surface area contributed by atoms with Gasteiger partial charge >= 0.3 is 0 Å². The zero-order chi connectivity index (χ0) is 21.8. The van der Waals surface area contributed by atoms with Crippen molar-refractivity contribution in [3.63, 3.8) is 0 Å². The first-order valence-electron chi connectivity index (χ1n) is 11.0. The van der Waals surface area contributed by atoms with Crippen LogP contribution in [0.1, 0.15) is 40.7 Å². The van der Waals surface area contributed by atoms with Gasteiger partial charge in [0.1, 0.15) is 0 Å². The van der Waals surface area contributed by atoms with Gasteiger partial charge in [0, 0.05) is 31.7 Å². The fourth-order valence-corrected chi connectivity index (χ4v) is 5.79. The maximum absolute atomic E-state index is 13.5. The van der Waals surface area contributed by atoms with Crippen molar-refractivity contribution in [1.29, 1.82) is 0 Å². The van der Waals surface area contributed by atoms with Gasteiger partial charge in [-0.2, -0.15) is 4.31 Å². The van der Waals surface area contributed by atoms with Crippen LogP contribution in [0.3, 0.4) is 0 Å². The van der Waals surface area contributed by atoms with E-state index in [2.05, 4.69) is 0 Å². The molecule has 166 valence electrons. The first-order valence-corrected chi connectivity index (χ1v) is 12.4. The summed E-state index contributed by atoms with van der Waals surface area (Å²) < 4.78 is 33.2. The molecule has 1 heterocycles. The molecule has 0 radical (unpaired) electrons. The van der Waals surface area contributed by atoms with Crippen LogP contribution in [-0.4, -0.2) is 56.4 Å². The van der Waals surface area contributed by atoms with Gasteiger partial charge in [0.25, 0.3) is 5.91 Å². The number of carbonyl (C=O) groups excluding carboxylic acids is 1. The number of benzene rings is 2. The molecule has 0 spiro atoms. The summed E-state index contributed by atoms with van der Waals surface area (Å²) in [6.45, 7) is 4.45. The van der Waals surface area contributed by atoms with Gasteiger partial charge in [-0.05, 0) is 48.9 Å². The van der Waals surface area contributed by atoms with E-state index in [1.165, 1.54) is 10.7 Å². The topological polar surface area (TPSA) is 66.9 Å². The van der Waals surface area contributed by atoms with E-state index in [1.54, 1.807) is 25.1 Å². The Kier molecular flexibility index (Phi) is 6.74. The lowest BCUT2D eigenvalue weighted by Crippen LogP contribution is -2.41. The maximum Gasteiger partial charge on any atom is 0.254 e. The lowest BCUT2D eigenvalue weighted by atomic mass is 9.85. The Balaban J connectivity index is 1.61. The molecule has 2 fully saturated rings. The van der Waals surface area contributed by atoms with Gasteiger partial charge in [0.05, 0.1) is 18.1 Å². The Morgan fingerprint density at radius 2 is 1.81 bits per heavy atom. The molecule has 1 saturated heterocycles. The van der Waals surface area contributed by atoms with Crippen molar-refractivity contribution >= 4 is 15.9 Å². The lowest BCUT2D eigenvalue weighted by Gasteiger charge is -2.33. The molecule has 1 aliphatic carbocycles. The second kappa shape index (κ2) is 9.51. The summed E-state index contributed by atoms with van der Waals surface area (Å²) in [5.74, 6) is 0.406. The highest BCUT2D eigenvalue weighted by Gasteiger charge is 2.30. The Bertz CT molecular complexity index is 1010. The van der Waals surface area contributed by atoms with Gasteiger partial charge < -0.3 is 9.64 Å². The minimum absolute atomic E-state index is 0.116. The van der Waals surface area contributed by atoms with E-state index in [1.807, 2.05) is 35.2 Å². The van der Waals surface area contributed by atoms with Crippen LogP contribution < -0.4 is 0 Å². The van der Waals surface area contributed by atoms with Crippen molar-refractivity contribution in [3.8, 4) is 0 Å². The first kappa shape index (κ1) is 22.0. The van der Waals surface area contributed by atoms with Crippen molar-refractivity contribution in [2.75, 3.05) is 32.8 Å². The molecule has 4 rings (SSSR count). The van der Waals surface area contributed by atoms with Gasteiger partial charge in [-0.15, -0.1) is 0 Å². The van der Waals surface area contributed by atoms with Crippen LogP contribution in [0.4, 0.5) is 0 Å². The van der Waals surface area contributed by atoms with Crippen molar-refractivity contribution in [3.05, 3.63) is 65.2 Å². The number of hydrogen-bond acceptors (Lipinski definition) is 4. The van der Waals surface area contributed by atoms with Crippen LogP contribution >= 0.6 is 0 Å². The minimum Gasteiger partial charge on any atom is -0.379 e. The number of rotatable bonds is 7. The van der Waals surface area contributed by atoms with E-state index >= 15 is 0 Å². The number of amides is 1. The smallest absolute Gasteiger partial charge is 0.254 e. The fraction of sp³-hybridized carbons (Fsp3) is 0.458. The van der Waals surface area contributed by atoms with Crippen LogP contribution in [0, 0.1) is 12.8 Å². The van der Waals surface area contributed by atoms with E-state index in [-0.39, 0.29) is 10.8 Å². The molecule has 0 atom stereocenters. The average Bonchev–Trinajstić information content (AvgIpc) is 2.76. The predicted octanol–water partition coefficient (Wildman–Crippen LogP) is 3.46. The Hall–Kier alpha value is -2.22. The van der Waals surface area contributed by atoms with Crippen LogP contribution in [0.15, 0.2) is 53.4 Å². The molecular weight excluding hydrogens is 412 g/mol. The zero-order valence-electron chi connectivity index (χ0n) is 18.0. The molecule has 2 aromatic rings. The summed E-state index contributed by atoms with van der Waals surface area (Å²) in [7, 11) is -3.67. The lowest BCUT2D eigenvalue weighted by molar-refractivity contribution is 0.0679. The molecule has 1 amide bonds. The molecule has 2 aliphatic rings. The summed E-state index contributed by atoms with van der Waals surface area (Å²) in [4.78, 5) is 15.6. The fourth-order valence-electron chi connectivity index (χ4n) is 4.13. The normalized spacial score (nSPS) is 17.8. The highest BCUT2D eigenvalue weighted by atomic mass is 32.2. The first-order chi connectivity index (χ1) is 14.9. The third-order valence-electron chi connectivity index (χ3n) is 6.23. The molecular formula is C24H30N2O4S. The number of ether oxygens (including phenoxy) is 1. The van der Waals surface area contributed by atoms with Gasteiger partial charge in [-0.25, -0.2) is 8.42 Å². The van der Waals surface area contributed by atoms with Crippen molar-refractivity contribution in [2.45, 2.75) is 37.6 Å². The molecule has 0 N–H and O–H groups in total. The third-order valence-corrected chi connectivity index (χ3v) is 8.27. The molecule has 1 saturated carbocycles. The molecule has 0 unspecified atom stereocenters. The summed E-state index contributed by atoms with van der Waals surface area (Å²) in [5, 5.41) is 0. The number of morpholine rings is 1. The van der Waals surface area contributed by atoms with E-state index < -0.39 is 10.0 Å². The van der Waals surface area contributed by atoms with Gasteiger partial charge in [-0.3, -0.25) is 4.79 Å². The van der Waals surface area contributed by atoms with Gasteiger partial charge in [0.2, 0.25) is 10.0 Å². The number of hydrogen-bond donors (Lipinski definition) is 0. The second-order valence-electron chi connectivity index (χ2n) is 8.46. The van der Waals surface area contributed by atoms with E-state index in [0.717, 1.165) is 18.4 Å². The predicted molar refractivity (Wildman–Crippen MR) is 119 cm³/mol. The Labute approximate surface area is 184 Å². The number of carbonyl (C=O) groups is 1. The number of sulfonamides is 1. The Morgan fingerprint density at radius 1 is 1.10 bits per heavy atom.